The molecule has 0 unspecified atom stereocenters. The quantitative estimate of drug-likeness (QED) is 0.348. The van der Waals surface area contributed by atoms with E-state index < -0.39 is 5.82 Å². The van der Waals surface area contributed by atoms with Gasteiger partial charge in [-0.25, -0.2) is 9.37 Å². The molecule has 9 heteroatoms. The summed E-state index contributed by atoms with van der Waals surface area (Å²) >= 11 is 0. The fraction of sp³-hybridized carbons (Fsp3) is 0.393. The Morgan fingerprint density at radius 3 is 2.59 bits per heavy atom. The maximum atomic E-state index is 14.6. The summed E-state index contributed by atoms with van der Waals surface area (Å²) in [4.78, 5) is 19.9. The van der Waals surface area contributed by atoms with Gasteiger partial charge < -0.3 is 23.5 Å². The first-order valence-electron chi connectivity index (χ1n) is 12.6. The summed E-state index contributed by atoms with van der Waals surface area (Å²) in [6.45, 7) is 5.19. The Morgan fingerprint density at radius 1 is 1.08 bits per heavy atom. The molecule has 2 aliphatic rings. The van der Waals surface area contributed by atoms with Crippen LogP contribution < -0.4 is 9.64 Å². The van der Waals surface area contributed by atoms with E-state index in [0.717, 1.165) is 52.3 Å². The molecule has 0 bridgehead atoms. The van der Waals surface area contributed by atoms with E-state index in [4.69, 9.17) is 19.0 Å². The molecular formula is C28H29FN4O4. The topological polar surface area (TPSA) is 82.6 Å². The molecule has 2 aromatic carbocycles. The molecule has 1 amide bonds. The minimum Gasteiger partial charge on any atom is -0.494 e. The molecule has 192 valence electrons. The van der Waals surface area contributed by atoms with Crippen molar-refractivity contribution in [2.45, 2.75) is 51.6 Å². The normalized spacial score (nSPS) is 18.8. The van der Waals surface area contributed by atoms with E-state index >= 15 is 0 Å². The first kappa shape index (κ1) is 23.7. The van der Waals surface area contributed by atoms with Crippen molar-refractivity contribution in [2.75, 3.05) is 25.2 Å². The number of nitrogens with zero attached hydrogens (tertiary/aromatic N) is 4. The molecule has 0 saturated carbocycles. The highest BCUT2D eigenvalue weighted by molar-refractivity contribution is 5.96. The molecule has 0 N–H and O–H groups in total. The third-order valence-corrected chi connectivity index (χ3v) is 7.52. The van der Waals surface area contributed by atoms with Crippen molar-refractivity contribution < 1.29 is 23.2 Å². The minimum atomic E-state index is -0.500. The summed E-state index contributed by atoms with van der Waals surface area (Å²) in [5.41, 5.74) is 5.15. The van der Waals surface area contributed by atoms with Crippen LogP contribution in [-0.4, -0.2) is 40.9 Å². The van der Waals surface area contributed by atoms with E-state index in [2.05, 4.69) is 27.9 Å². The molecule has 1 atom stereocenters. The van der Waals surface area contributed by atoms with Crippen LogP contribution in [0.4, 0.5) is 10.1 Å². The Balaban J connectivity index is 1.49. The number of hydrogen-bond acceptors (Lipinski definition) is 6. The third-order valence-electron chi connectivity index (χ3n) is 7.52. The van der Waals surface area contributed by atoms with Crippen molar-refractivity contribution in [3.8, 4) is 16.9 Å². The molecule has 0 aliphatic carbocycles. The van der Waals surface area contributed by atoms with Gasteiger partial charge in [-0.3, -0.25) is 4.79 Å². The van der Waals surface area contributed by atoms with Gasteiger partial charge in [0, 0.05) is 43.0 Å². The smallest absolute Gasteiger partial charge is 0.227 e. The van der Waals surface area contributed by atoms with Crippen molar-refractivity contribution in [1.29, 1.82) is 0 Å². The third kappa shape index (κ3) is 3.98. The monoisotopic (exact) mass is 504 g/mol. The molecule has 37 heavy (non-hydrogen) atoms. The zero-order chi connectivity index (χ0) is 25.7. The summed E-state index contributed by atoms with van der Waals surface area (Å²) in [7, 11) is 1.43. The van der Waals surface area contributed by atoms with Crippen molar-refractivity contribution in [3.63, 3.8) is 0 Å². The number of carbonyl (C=O) groups is 1. The fourth-order valence-corrected chi connectivity index (χ4v) is 5.79. The number of rotatable bonds is 5. The van der Waals surface area contributed by atoms with Crippen LogP contribution in [0.25, 0.3) is 22.2 Å². The number of methoxy groups -OCH3 is 1. The maximum Gasteiger partial charge on any atom is 0.227 e. The molecule has 6 rings (SSSR count). The summed E-state index contributed by atoms with van der Waals surface area (Å²) < 4.78 is 33.0. The Bertz CT molecular complexity index is 1470. The SMILES string of the molecule is COc1ccc(N2C(=O)CC[C@H]2c2nc3cc(-c4c(C)noc4C)ccc3n2C2CCOCC2)cc1F. The zero-order valence-corrected chi connectivity index (χ0v) is 21.2. The number of aryl methyl sites for hydroxylation is 2. The Morgan fingerprint density at radius 2 is 1.89 bits per heavy atom. The second-order valence-corrected chi connectivity index (χ2v) is 9.72. The van der Waals surface area contributed by atoms with E-state index in [0.29, 0.717) is 31.7 Å². The van der Waals surface area contributed by atoms with Crippen LogP contribution in [0.15, 0.2) is 40.9 Å². The summed E-state index contributed by atoms with van der Waals surface area (Å²) in [6.07, 6.45) is 2.71. The van der Waals surface area contributed by atoms with E-state index in [9.17, 15) is 9.18 Å². The summed E-state index contributed by atoms with van der Waals surface area (Å²) in [6, 6.07) is 10.8. The molecule has 0 spiro atoms. The number of ether oxygens (including phenoxy) is 2. The van der Waals surface area contributed by atoms with Crippen LogP contribution in [0.1, 0.15) is 55.0 Å². The molecular weight excluding hydrogens is 475 g/mol. The standard InChI is InChI=1S/C28H29FN4O4/c1-16-27(17(2)37-31-16)18-4-6-23-22(14-18)30-28(33(23)19-10-12-36-13-11-19)24-7-9-26(34)32(24)20-5-8-25(35-3)21(29)15-20/h4-6,8,14-15,19,24H,7,9-13H2,1-3H3/t24-/m0/s1. The lowest BCUT2D eigenvalue weighted by Gasteiger charge is -2.30. The number of halogens is 1. The molecule has 4 heterocycles. The summed E-state index contributed by atoms with van der Waals surface area (Å²) in [5, 5.41) is 4.10. The molecule has 2 fully saturated rings. The summed E-state index contributed by atoms with van der Waals surface area (Å²) in [5.74, 6) is 1.18. The van der Waals surface area contributed by atoms with Crippen molar-refractivity contribution >= 4 is 22.6 Å². The highest BCUT2D eigenvalue weighted by atomic mass is 19.1. The average Bonchev–Trinajstić information content (AvgIpc) is 3.58. The van der Waals surface area contributed by atoms with Crippen LogP contribution in [0.5, 0.6) is 5.75 Å². The second kappa shape index (κ2) is 9.30. The van der Waals surface area contributed by atoms with Gasteiger partial charge >= 0.3 is 0 Å². The molecule has 0 radical (unpaired) electrons. The molecule has 8 nitrogen and oxygen atoms in total. The van der Waals surface area contributed by atoms with Crippen LogP contribution in [0, 0.1) is 19.7 Å². The second-order valence-electron chi connectivity index (χ2n) is 9.72. The van der Waals surface area contributed by atoms with Gasteiger partial charge in [-0.2, -0.15) is 0 Å². The molecule has 2 aromatic heterocycles. The lowest BCUT2D eigenvalue weighted by Crippen LogP contribution is -2.31. The lowest BCUT2D eigenvalue weighted by atomic mass is 10.0. The van der Waals surface area contributed by atoms with Gasteiger partial charge in [0.25, 0.3) is 0 Å². The van der Waals surface area contributed by atoms with Crippen LogP contribution in [-0.2, 0) is 9.53 Å². The largest absolute Gasteiger partial charge is 0.494 e. The molecule has 4 aromatic rings. The number of carbonyl (C=O) groups excluding carboxylic acids is 1. The number of benzene rings is 2. The highest BCUT2D eigenvalue weighted by Gasteiger charge is 2.38. The van der Waals surface area contributed by atoms with Gasteiger partial charge in [-0.05, 0) is 62.9 Å². The van der Waals surface area contributed by atoms with Crippen LogP contribution in [0.2, 0.25) is 0 Å². The van der Waals surface area contributed by atoms with Gasteiger partial charge in [-0.1, -0.05) is 11.2 Å². The van der Waals surface area contributed by atoms with Crippen LogP contribution in [0.3, 0.4) is 0 Å². The highest BCUT2D eigenvalue weighted by Crippen LogP contribution is 2.42. The van der Waals surface area contributed by atoms with E-state index in [-0.39, 0.29) is 23.7 Å². The first-order valence-corrected chi connectivity index (χ1v) is 12.6. The van der Waals surface area contributed by atoms with Gasteiger partial charge in [0.15, 0.2) is 11.6 Å². The Kier molecular flexibility index (Phi) is 5.95. The van der Waals surface area contributed by atoms with Gasteiger partial charge in [0.05, 0.1) is 29.9 Å². The van der Waals surface area contributed by atoms with E-state index in [1.165, 1.54) is 13.2 Å². The van der Waals surface area contributed by atoms with E-state index in [1.54, 1.807) is 17.0 Å². The average molecular weight is 505 g/mol. The van der Waals surface area contributed by atoms with Gasteiger partial charge in [0.2, 0.25) is 5.91 Å². The fourth-order valence-electron chi connectivity index (χ4n) is 5.79. The number of imidazole rings is 1. The number of hydrogen-bond donors (Lipinski definition) is 0. The predicted octanol–water partition coefficient (Wildman–Crippen LogP) is 5.68. The zero-order valence-electron chi connectivity index (χ0n) is 21.2. The number of anilines is 1. The Hall–Kier alpha value is -3.72. The van der Waals surface area contributed by atoms with E-state index in [1.807, 2.05) is 13.8 Å². The number of fused-ring (bicyclic) bond motifs is 1. The number of amides is 1. The van der Waals surface area contributed by atoms with Crippen LogP contribution >= 0.6 is 0 Å². The lowest BCUT2D eigenvalue weighted by molar-refractivity contribution is -0.117. The predicted molar refractivity (Wildman–Crippen MR) is 136 cm³/mol. The van der Waals surface area contributed by atoms with Crippen molar-refractivity contribution in [1.82, 2.24) is 14.7 Å². The maximum absolute atomic E-state index is 14.6. The Labute approximate surface area is 214 Å². The minimum absolute atomic E-state index is 0.0449. The van der Waals surface area contributed by atoms with Gasteiger partial charge in [-0.15, -0.1) is 0 Å². The molecule has 2 saturated heterocycles. The first-order chi connectivity index (χ1) is 18.0. The van der Waals surface area contributed by atoms with Crippen molar-refractivity contribution in [2.24, 2.45) is 0 Å². The molecule has 2 aliphatic heterocycles. The number of aromatic nitrogens is 3. The van der Waals surface area contributed by atoms with Crippen molar-refractivity contribution in [3.05, 3.63) is 59.5 Å². The van der Waals surface area contributed by atoms with Gasteiger partial charge in [0.1, 0.15) is 11.6 Å².